The summed E-state index contributed by atoms with van der Waals surface area (Å²) >= 11 is 0. The van der Waals surface area contributed by atoms with Crippen LogP contribution in [0.4, 0.5) is 0 Å². The van der Waals surface area contributed by atoms with Crippen LogP contribution in [0.3, 0.4) is 0 Å². The molecule has 0 bridgehead atoms. The van der Waals surface area contributed by atoms with E-state index in [-0.39, 0.29) is 5.97 Å². The van der Waals surface area contributed by atoms with Gasteiger partial charge in [-0.1, -0.05) is 239 Å². The summed E-state index contributed by atoms with van der Waals surface area (Å²) in [4.78, 5) is 23.9. The number of carboxylic acids is 1. The molecule has 0 rings (SSSR count). The number of rotatable bonds is 41. The molecule has 0 amide bonds. The normalized spacial score (nSPS) is 12.0. The number of unbranched alkanes of at least 4 members (excludes halogenated alkanes) is 35. The van der Waals surface area contributed by atoms with Crippen LogP contribution in [0.15, 0.2) is 0 Å². The zero-order chi connectivity index (χ0) is 35.0. The minimum atomic E-state index is -0.997. The number of hydrogen-bond acceptors (Lipinski definition) is 3. The van der Waals surface area contributed by atoms with Crippen LogP contribution >= 0.6 is 0 Å². The van der Waals surface area contributed by atoms with Gasteiger partial charge in [0.15, 0.2) is 6.10 Å². The van der Waals surface area contributed by atoms with E-state index in [1.54, 1.807) is 0 Å². The molecule has 0 saturated carbocycles. The van der Waals surface area contributed by atoms with Crippen LogP contribution in [0.1, 0.15) is 264 Å². The molecular weight excluding hydrogens is 592 g/mol. The molecule has 4 nitrogen and oxygen atoms in total. The molecule has 0 spiro atoms. The van der Waals surface area contributed by atoms with E-state index in [0.717, 1.165) is 38.5 Å². The van der Waals surface area contributed by atoms with Crippen LogP contribution < -0.4 is 0 Å². The third-order valence-electron chi connectivity index (χ3n) is 10.4. The van der Waals surface area contributed by atoms with Crippen LogP contribution in [0.25, 0.3) is 0 Å². The molecule has 0 aromatic rings. The van der Waals surface area contributed by atoms with Crippen molar-refractivity contribution >= 4 is 11.9 Å². The Labute approximate surface area is 301 Å². The summed E-state index contributed by atoms with van der Waals surface area (Å²) in [5, 5.41) is 9.52. The number of ether oxygens (including phenoxy) is 1. The molecular formula is C44H86O4. The highest BCUT2D eigenvalue weighted by Gasteiger charge is 2.21. The van der Waals surface area contributed by atoms with Gasteiger partial charge in [0, 0.05) is 6.42 Å². The number of aliphatic carboxylic acids is 1. The highest BCUT2D eigenvalue weighted by molar-refractivity contribution is 5.77. The summed E-state index contributed by atoms with van der Waals surface area (Å²) in [6.07, 6.45) is 48.7. The van der Waals surface area contributed by atoms with Gasteiger partial charge in [0.1, 0.15) is 0 Å². The molecule has 0 aliphatic heterocycles. The predicted octanol–water partition coefficient (Wildman–Crippen LogP) is 15.2. The van der Waals surface area contributed by atoms with Crippen molar-refractivity contribution < 1.29 is 19.4 Å². The monoisotopic (exact) mass is 679 g/mol. The fourth-order valence-corrected chi connectivity index (χ4v) is 7.03. The Bertz CT molecular complexity index is 648. The molecule has 0 aromatic carbocycles. The summed E-state index contributed by atoms with van der Waals surface area (Å²) in [6.45, 7) is 4.57. The molecule has 1 N–H and O–H groups in total. The number of carbonyl (C=O) groups excluding carboxylic acids is 1. The molecule has 0 aromatic heterocycles. The molecule has 1 unspecified atom stereocenters. The lowest BCUT2D eigenvalue weighted by Gasteiger charge is -2.13. The molecule has 0 radical (unpaired) electrons. The lowest BCUT2D eigenvalue weighted by Crippen LogP contribution is -2.27. The molecule has 0 fully saturated rings. The summed E-state index contributed by atoms with van der Waals surface area (Å²) in [7, 11) is 0. The van der Waals surface area contributed by atoms with Gasteiger partial charge in [0.25, 0.3) is 0 Å². The van der Waals surface area contributed by atoms with Gasteiger partial charge in [-0.05, 0) is 19.3 Å². The largest absolute Gasteiger partial charge is 0.479 e. The maximum absolute atomic E-state index is 12.2. The molecule has 1 atom stereocenters. The molecule has 48 heavy (non-hydrogen) atoms. The number of carboxylic acid groups (broad SMARTS) is 1. The first-order valence-electron chi connectivity index (χ1n) is 22.0. The second kappa shape index (κ2) is 40.4. The Morgan fingerprint density at radius 3 is 0.854 bits per heavy atom. The Hall–Kier alpha value is -1.06. The van der Waals surface area contributed by atoms with Crippen molar-refractivity contribution in [3.63, 3.8) is 0 Å². The van der Waals surface area contributed by atoms with Crippen LogP contribution in [0.5, 0.6) is 0 Å². The predicted molar refractivity (Wildman–Crippen MR) is 209 cm³/mol. The zero-order valence-corrected chi connectivity index (χ0v) is 32.8. The number of carbonyl (C=O) groups is 2. The van der Waals surface area contributed by atoms with E-state index >= 15 is 0 Å². The lowest BCUT2D eigenvalue weighted by atomic mass is 10.0. The Morgan fingerprint density at radius 1 is 0.375 bits per heavy atom. The smallest absolute Gasteiger partial charge is 0.345 e. The van der Waals surface area contributed by atoms with E-state index in [4.69, 9.17) is 4.74 Å². The van der Waals surface area contributed by atoms with Crippen molar-refractivity contribution in [3.8, 4) is 0 Å². The number of hydrogen-bond donors (Lipinski definition) is 1. The van der Waals surface area contributed by atoms with Crippen molar-refractivity contribution in [1.29, 1.82) is 0 Å². The zero-order valence-electron chi connectivity index (χ0n) is 32.8. The third-order valence-corrected chi connectivity index (χ3v) is 10.4. The van der Waals surface area contributed by atoms with E-state index in [9.17, 15) is 14.7 Å². The fraction of sp³-hybridized carbons (Fsp3) is 0.955. The van der Waals surface area contributed by atoms with E-state index in [0.29, 0.717) is 12.8 Å². The van der Waals surface area contributed by atoms with Gasteiger partial charge in [-0.2, -0.15) is 0 Å². The van der Waals surface area contributed by atoms with E-state index < -0.39 is 12.1 Å². The Morgan fingerprint density at radius 2 is 0.604 bits per heavy atom. The van der Waals surface area contributed by atoms with E-state index in [1.807, 2.05) is 0 Å². The van der Waals surface area contributed by atoms with E-state index in [2.05, 4.69) is 13.8 Å². The molecule has 0 saturated heterocycles. The first kappa shape index (κ1) is 46.9. The maximum Gasteiger partial charge on any atom is 0.345 e. The maximum atomic E-state index is 12.2. The van der Waals surface area contributed by atoms with E-state index in [1.165, 1.54) is 199 Å². The highest BCUT2D eigenvalue weighted by Crippen LogP contribution is 2.17. The van der Waals surface area contributed by atoms with Crippen LogP contribution in [0.2, 0.25) is 0 Å². The second-order valence-electron chi connectivity index (χ2n) is 15.2. The fourth-order valence-electron chi connectivity index (χ4n) is 7.03. The van der Waals surface area contributed by atoms with Gasteiger partial charge in [-0.3, -0.25) is 4.79 Å². The summed E-state index contributed by atoms with van der Waals surface area (Å²) in [5.74, 6) is -1.33. The van der Waals surface area contributed by atoms with Crippen molar-refractivity contribution in [3.05, 3.63) is 0 Å². The van der Waals surface area contributed by atoms with Crippen LogP contribution in [0, 0.1) is 0 Å². The van der Waals surface area contributed by atoms with Gasteiger partial charge in [-0.15, -0.1) is 0 Å². The Balaban J connectivity index is 3.46. The molecule has 0 heterocycles. The highest BCUT2D eigenvalue weighted by atomic mass is 16.6. The van der Waals surface area contributed by atoms with Gasteiger partial charge in [0.05, 0.1) is 0 Å². The lowest BCUT2D eigenvalue weighted by molar-refractivity contribution is -0.164. The SMILES string of the molecule is CCCCCCCCCCCCCCCCCCCCCCC(OC(=O)CCCCCCCCCCCCCCCCCCC)C(=O)O. The van der Waals surface area contributed by atoms with Gasteiger partial charge < -0.3 is 9.84 Å². The molecule has 0 aliphatic rings. The first-order chi connectivity index (χ1) is 23.6. The summed E-state index contributed by atoms with van der Waals surface area (Å²) < 4.78 is 5.34. The topological polar surface area (TPSA) is 63.6 Å². The quantitative estimate of drug-likeness (QED) is 0.0516. The average Bonchev–Trinajstić information content (AvgIpc) is 3.08. The van der Waals surface area contributed by atoms with Crippen molar-refractivity contribution in [1.82, 2.24) is 0 Å². The number of esters is 1. The molecule has 286 valence electrons. The Kier molecular flexibility index (Phi) is 39.5. The first-order valence-corrected chi connectivity index (χ1v) is 22.0. The van der Waals surface area contributed by atoms with Crippen molar-refractivity contribution in [2.75, 3.05) is 0 Å². The van der Waals surface area contributed by atoms with Gasteiger partial charge >= 0.3 is 11.9 Å². The molecule has 0 aliphatic carbocycles. The van der Waals surface area contributed by atoms with Gasteiger partial charge in [-0.25, -0.2) is 4.79 Å². The minimum absolute atomic E-state index is 0.337. The standard InChI is InChI=1S/C44H86O4/c1-3-5-7-9-11-13-15-17-19-21-22-23-25-26-28-30-32-34-36-38-40-42(44(46)47)48-43(45)41-39-37-35-33-31-29-27-24-20-18-16-14-12-10-8-6-4-2/h42H,3-41H2,1-2H3,(H,46,47). The third kappa shape index (κ3) is 37.8. The molecule has 4 heteroatoms. The summed E-state index contributed by atoms with van der Waals surface area (Å²) in [6, 6.07) is 0. The van der Waals surface area contributed by atoms with Crippen molar-refractivity contribution in [2.24, 2.45) is 0 Å². The summed E-state index contributed by atoms with van der Waals surface area (Å²) in [5.41, 5.74) is 0. The van der Waals surface area contributed by atoms with Gasteiger partial charge in [0.2, 0.25) is 0 Å². The minimum Gasteiger partial charge on any atom is -0.479 e. The average molecular weight is 679 g/mol. The van der Waals surface area contributed by atoms with Crippen molar-refractivity contribution in [2.45, 2.75) is 270 Å². The van der Waals surface area contributed by atoms with Crippen LogP contribution in [-0.2, 0) is 14.3 Å². The van der Waals surface area contributed by atoms with Crippen LogP contribution in [-0.4, -0.2) is 23.1 Å². The second-order valence-corrected chi connectivity index (χ2v) is 15.2.